The van der Waals surface area contributed by atoms with Crippen LogP contribution in [0, 0.1) is 18.3 Å². The van der Waals surface area contributed by atoms with Crippen molar-refractivity contribution in [3.63, 3.8) is 0 Å². The van der Waals surface area contributed by atoms with Crippen molar-refractivity contribution < 1.29 is 23.2 Å². The van der Waals surface area contributed by atoms with Crippen LogP contribution in [0.2, 0.25) is 0 Å². The van der Waals surface area contributed by atoms with Gasteiger partial charge in [-0.2, -0.15) is 0 Å². The van der Waals surface area contributed by atoms with E-state index in [0.717, 1.165) is 17.4 Å². The van der Waals surface area contributed by atoms with Gasteiger partial charge in [0.2, 0.25) is 0 Å². The molecule has 0 N–H and O–H groups in total. The molecule has 7 heteroatoms. The highest BCUT2D eigenvalue weighted by Crippen LogP contribution is 2.31. The molecule has 1 aromatic heterocycles. The lowest BCUT2D eigenvalue weighted by Gasteiger charge is -2.28. The first-order chi connectivity index (χ1) is 12.6. The summed E-state index contributed by atoms with van der Waals surface area (Å²) in [5.74, 6) is -0.0441. The minimum Gasteiger partial charge on any atom is -0.396 e. The average molecular weight is 377 g/mol. The Balaban J connectivity index is 2.00. The molecule has 1 atom stereocenters. The lowest BCUT2D eigenvalue weighted by atomic mass is 9.82. The van der Waals surface area contributed by atoms with Gasteiger partial charge in [0.15, 0.2) is 11.5 Å². The third-order valence-electron chi connectivity index (χ3n) is 4.42. The third-order valence-corrected chi connectivity index (χ3v) is 4.42. The zero-order chi connectivity index (χ0) is 20.2. The van der Waals surface area contributed by atoms with E-state index in [1.54, 1.807) is 6.92 Å². The quantitative estimate of drug-likeness (QED) is 0.611. The van der Waals surface area contributed by atoms with E-state index >= 15 is 0 Å². The van der Waals surface area contributed by atoms with E-state index in [2.05, 4.69) is 0 Å². The topological polar surface area (TPSA) is 90.0 Å². The molecule has 0 spiro atoms. The second-order valence-electron chi connectivity index (χ2n) is 7.68. The molecule has 1 aromatic rings. The molecule has 148 valence electrons. The van der Waals surface area contributed by atoms with Crippen LogP contribution in [0.5, 0.6) is 0 Å². The Kier molecular flexibility index (Phi) is 6.59. The van der Waals surface area contributed by atoms with Gasteiger partial charge in [-0.25, -0.2) is 4.79 Å². The number of allylic oxidation sites excluding steroid dienone is 2. The van der Waals surface area contributed by atoms with Gasteiger partial charge in [0.05, 0.1) is 12.0 Å². The van der Waals surface area contributed by atoms with Crippen molar-refractivity contribution in [1.82, 2.24) is 4.90 Å². The number of carbonyl (C=O) groups excluding carboxylic acids is 2. The van der Waals surface area contributed by atoms with Crippen LogP contribution < -0.4 is 5.82 Å². The van der Waals surface area contributed by atoms with Gasteiger partial charge in [0.25, 0.3) is 0 Å². The average Bonchev–Trinajstić information content (AvgIpc) is 2.91. The number of rotatable bonds is 9. The van der Waals surface area contributed by atoms with E-state index in [9.17, 15) is 14.4 Å². The number of hydrogen-bond donors (Lipinski definition) is 0. The Hall–Kier alpha value is -2.41. The number of aryl methyl sites for hydroxylation is 1. The van der Waals surface area contributed by atoms with Crippen molar-refractivity contribution in [3.8, 4) is 0 Å². The lowest BCUT2D eigenvalue weighted by Crippen LogP contribution is -2.28. The second-order valence-corrected chi connectivity index (χ2v) is 7.68. The van der Waals surface area contributed by atoms with E-state index in [0.29, 0.717) is 24.4 Å². The van der Waals surface area contributed by atoms with Gasteiger partial charge in [-0.1, -0.05) is 20.8 Å². The first-order valence-electron chi connectivity index (χ1n) is 8.93. The minimum absolute atomic E-state index is 0.0525. The molecule has 1 aliphatic rings. The second kappa shape index (κ2) is 8.52. The molecule has 1 aliphatic heterocycles. The van der Waals surface area contributed by atoms with Crippen molar-refractivity contribution in [2.24, 2.45) is 11.3 Å². The highest BCUT2D eigenvalue weighted by Gasteiger charge is 2.29. The monoisotopic (exact) mass is 377 g/mol. The molecule has 0 fully saturated rings. The number of Topliss-reactive ketones (excluding diaryl/α,β-unsaturated/α-hetero) is 1. The molecule has 0 saturated carbocycles. The summed E-state index contributed by atoms with van der Waals surface area (Å²) in [6, 6.07) is 0. The van der Waals surface area contributed by atoms with Gasteiger partial charge in [0, 0.05) is 37.4 Å². The molecule has 0 amide bonds. The first-order valence-corrected chi connectivity index (χ1v) is 8.93. The molecule has 0 radical (unpaired) electrons. The van der Waals surface area contributed by atoms with Crippen molar-refractivity contribution in [1.29, 1.82) is 0 Å². The first kappa shape index (κ1) is 20.9. The lowest BCUT2D eigenvalue weighted by molar-refractivity contribution is -0.119. The van der Waals surface area contributed by atoms with Crippen LogP contribution in [-0.4, -0.2) is 30.6 Å². The van der Waals surface area contributed by atoms with Crippen molar-refractivity contribution in [2.75, 3.05) is 13.7 Å². The van der Waals surface area contributed by atoms with Gasteiger partial charge in [-0.15, -0.1) is 0 Å². The Morgan fingerprint density at radius 1 is 1.37 bits per heavy atom. The van der Waals surface area contributed by atoms with E-state index in [4.69, 9.17) is 13.6 Å². The summed E-state index contributed by atoms with van der Waals surface area (Å²) in [5.41, 5.74) is 0.983. The Morgan fingerprint density at radius 3 is 2.63 bits per heavy atom. The summed E-state index contributed by atoms with van der Waals surface area (Å²) in [5, 5.41) is 0. The van der Waals surface area contributed by atoms with Gasteiger partial charge in [-0.3, -0.25) is 4.79 Å². The summed E-state index contributed by atoms with van der Waals surface area (Å²) >= 11 is 0. The summed E-state index contributed by atoms with van der Waals surface area (Å²) in [7, 11) is 1.87. The number of ether oxygens (including phenoxy) is 1. The third kappa shape index (κ3) is 5.53. The van der Waals surface area contributed by atoms with Crippen LogP contribution in [0.1, 0.15) is 45.1 Å². The van der Waals surface area contributed by atoms with Crippen LogP contribution in [0.4, 0.5) is 0 Å². The molecule has 2 heterocycles. The number of hydrogen-bond acceptors (Lipinski definition) is 7. The molecule has 0 aromatic carbocycles. The molecule has 27 heavy (non-hydrogen) atoms. The molecular formula is C20H27NO6. The predicted molar refractivity (Wildman–Crippen MR) is 98.8 cm³/mol. The molecule has 0 saturated heterocycles. The maximum Gasteiger partial charge on any atom is 0.519 e. The molecular weight excluding hydrogens is 350 g/mol. The van der Waals surface area contributed by atoms with E-state index < -0.39 is 11.2 Å². The zero-order valence-electron chi connectivity index (χ0n) is 16.5. The zero-order valence-corrected chi connectivity index (χ0v) is 16.5. The molecule has 7 nitrogen and oxygen atoms in total. The van der Waals surface area contributed by atoms with Crippen LogP contribution in [0.3, 0.4) is 0 Å². The van der Waals surface area contributed by atoms with Crippen molar-refractivity contribution in [3.05, 3.63) is 45.7 Å². The van der Waals surface area contributed by atoms with Gasteiger partial charge in [-0.05, 0) is 18.9 Å². The fourth-order valence-electron chi connectivity index (χ4n) is 3.07. The smallest absolute Gasteiger partial charge is 0.396 e. The largest absolute Gasteiger partial charge is 0.519 e. The van der Waals surface area contributed by atoms with Crippen LogP contribution in [0.25, 0.3) is 0 Å². The summed E-state index contributed by atoms with van der Waals surface area (Å²) in [6.45, 7) is 7.38. The van der Waals surface area contributed by atoms with Gasteiger partial charge >= 0.3 is 5.82 Å². The number of aldehydes is 1. The fourth-order valence-corrected chi connectivity index (χ4v) is 3.07. The standard InChI is InChI=1S/C20H27NO6/c1-13(2)18(23)16-6-15(8-21(5)9-16)7-20(4,11-22)12-25-10-17-14(3)26-19(24)27-17/h8-9,11,13H,6-7,10,12H2,1-5H3. The molecule has 2 rings (SSSR count). The van der Waals surface area contributed by atoms with E-state index in [1.165, 1.54) is 0 Å². The van der Waals surface area contributed by atoms with Crippen molar-refractivity contribution >= 4 is 12.1 Å². The maximum atomic E-state index is 12.3. The highest BCUT2D eigenvalue weighted by atomic mass is 16.6. The normalized spacial score (nSPS) is 16.7. The maximum absolute atomic E-state index is 12.3. The summed E-state index contributed by atoms with van der Waals surface area (Å²) in [4.78, 5) is 37.0. The number of nitrogens with zero attached hydrogens (tertiary/aromatic N) is 1. The van der Waals surface area contributed by atoms with Gasteiger partial charge in [0.1, 0.15) is 18.7 Å². The SMILES string of the molecule is Cc1oc(=O)oc1COCC(C)(C=O)CC1=CN(C)C=C(C(=O)C(C)C)C1. The number of ketones is 1. The molecule has 0 aliphatic carbocycles. The molecule has 0 bridgehead atoms. The molecule has 1 unspecified atom stereocenters. The summed E-state index contributed by atoms with van der Waals surface area (Å²) < 4.78 is 15.3. The van der Waals surface area contributed by atoms with E-state index in [-0.39, 0.29) is 24.9 Å². The minimum atomic E-state index is -0.770. The Morgan fingerprint density at radius 2 is 2.07 bits per heavy atom. The summed E-state index contributed by atoms with van der Waals surface area (Å²) in [6.07, 6.45) is 5.65. The van der Waals surface area contributed by atoms with Crippen LogP contribution in [0.15, 0.2) is 37.2 Å². The van der Waals surface area contributed by atoms with Crippen LogP contribution in [-0.2, 0) is 20.9 Å². The van der Waals surface area contributed by atoms with Gasteiger partial charge < -0.3 is 23.3 Å². The van der Waals surface area contributed by atoms with E-state index in [1.807, 2.05) is 45.1 Å². The number of carbonyl (C=O) groups is 2. The van der Waals surface area contributed by atoms with Crippen molar-refractivity contribution in [2.45, 2.75) is 47.1 Å². The Labute approximate surface area is 158 Å². The Bertz CT molecular complexity index is 813. The highest BCUT2D eigenvalue weighted by molar-refractivity contribution is 5.97. The fraction of sp³-hybridized carbons (Fsp3) is 0.550. The van der Waals surface area contributed by atoms with Crippen LogP contribution >= 0.6 is 0 Å². The predicted octanol–water partition coefficient (Wildman–Crippen LogP) is 2.98.